The summed E-state index contributed by atoms with van der Waals surface area (Å²) in [4.78, 5) is 6.86. The number of pyridine rings is 1. The Balaban J connectivity index is 1.50. The summed E-state index contributed by atoms with van der Waals surface area (Å²) < 4.78 is 12.5. The molecule has 3 atom stereocenters. The van der Waals surface area contributed by atoms with Gasteiger partial charge in [-0.2, -0.15) is 0 Å². The molecular formula is C19H20ClN3O2. The Bertz CT molecular complexity index is 813. The Hall–Kier alpha value is -1.98. The number of rotatable bonds is 2. The van der Waals surface area contributed by atoms with E-state index in [4.69, 9.17) is 21.1 Å². The lowest BCUT2D eigenvalue weighted by Gasteiger charge is -2.50. The third kappa shape index (κ3) is 2.37. The smallest absolute Gasteiger partial charge is 0.292 e. The standard InChI is InChI=1S/C19H20ClN3O2/c1-19(17-8-5-12(20)11-22-17)24-16-4-2-3-15(18(16)25-19)23-10-9-21-13-6-7-14(13)23/h2-5,8,11,13-14,21H,6-7,9-10H2,1H3/t13?,14?,19-/m0/s1. The average Bonchev–Trinajstić information content (AvgIpc) is 2.93. The van der Waals surface area contributed by atoms with E-state index in [1.54, 1.807) is 12.3 Å². The third-order valence-corrected chi connectivity index (χ3v) is 5.68. The Morgan fingerprint density at radius 2 is 2.16 bits per heavy atom. The van der Waals surface area contributed by atoms with Crippen LogP contribution in [0, 0.1) is 0 Å². The lowest BCUT2D eigenvalue weighted by Crippen LogP contribution is -2.63. The summed E-state index contributed by atoms with van der Waals surface area (Å²) >= 11 is 5.96. The second-order valence-corrected chi connectivity index (χ2v) is 7.45. The molecular weight excluding hydrogens is 338 g/mol. The fraction of sp³-hybridized carbons (Fsp3) is 0.421. The number of para-hydroxylation sites is 1. The minimum absolute atomic E-state index is 0.546. The monoisotopic (exact) mass is 357 g/mol. The first-order valence-electron chi connectivity index (χ1n) is 8.77. The number of fused-ring (bicyclic) bond motifs is 2. The van der Waals surface area contributed by atoms with Crippen molar-refractivity contribution in [2.75, 3.05) is 18.0 Å². The molecule has 2 aromatic rings. The largest absolute Gasteiger partial charge is 0.443 e. The highest BCUT2D eigenvalue weighted by Crippen LogP contribution is 2.50. The average molecular weight is 358 g/mol. The zero-order valence-electron chi connectivity index (χ0n) is 14.0. The zero-order valence-corrected chi connectivity index (χ0v) is 14.8. The molecule has 5 nitrogen and oxygen atoms in total. The van der Waals surface area contributed by atoms with Gasteiger partial charge in [-0.15, -0.1) is 0 Å². The fourth-order valence-electron chi connectivity index (χ4n) is 4.02. The fourth-order valence-corrected chi connectivity index (χ4v) is 4.13. The number of hydrogen-bond acceptors (Lipinski definition) is 5. The van der Waals surface area contributed by atoms with Gasteiger partial charge in [0.05, 0.1) is 10.7 Å². The van der Waals surface area contributed by atoms with E-state index < -0.39 is 5.79 Å². The lowest BCUT2D eigenvalue weighted by atomic mass is 9.83. The van der Waals surface area contributed by atoms with Gasteiger partial charge in [-0.25, -0.2) is 0 Å². The minimum atomic E-state index is -0.934. The van der Waals surface area contributed by atoms with E-state index in [2.05, 4.69) is 21.3 Å². The van der Waals surface area contributed by atoms with Gasteiger partial charge in [0.1, 0.15) is 5.69 Å². The van der Waals surface area contributed by atoms with Crippen LogP contribution in [0.4, 0.5) is 5.69 Å². The summed E-state index contributed by atoms with van der Waals surface area (Å²) in [7, 11) is 0. The van der Waals surface area contributed by atoms with Crippen LogP contribution in [0.2, 0.25) is 5.02 Å². The van der Waals surface area contributed by atoms with Gasteiger partial charge in [-0.05, 0) is 37.1 Å². The quantitative estimate of drug-likeness (QED) is 0.893. The summed E-state index contributed by atoms with van der Waals surface area (Å²) in [5, 5.41) is 4.19. The van der Waals surface area contributed by atoms with Crippen molar-refractivity contribution >= 4 is 17.3 Å². The summed E-state index contributed by atoms with van der Waals surface area (Å²) in [6.07, 6.45) is 4.09. The molecule has 6 heteroatoms. The number of anilines is 1. The Morgan fingerprint density at radius 3 is 2.92 bits per heavy atom. The number of nitrogens with zero attached hydrogens (tertiary/aromatic N) is 2. The highest BCUT2D eigenvalue weighted by atomic mass is 35.5. The second-order valence-electron chi connectivity index (χ2n) is 7.01. The molecule has 1 saturated heterocycles. The first-order chi connectivity index (χ1) is 12.1. The molecule has 1 aliphatic carbocycles. The number of nitrogens with one attached hydrogen (secondary N) is 1. The number of piperazine rings is 1. The number of ether oxygens (including phenoxy) is 2. The first-order valence-corrected chi connectivity index (χ1v) is 9.15. The topological polar surface area (TPSA) is 46.6 Å². The molecule has 2 unspecified atom stereocenters. The maximum Gasteiger partial charge on any atom is 0.292 e. The van der Waals surface area contributed by atoms with Gasteiger partial charge in [0, 0.05) is 38.3 Å². The van der Waals surface area contributed by atoms with Crippen molar-refractivity contribution in [3.63, 3.8) is 0 Å². The van der Waals surface area contributed by atoms with Crippen LogP contribution in [-0.2, 0) is 5.79 Å². The van der Waals surface area contributed by atoms with Gasteiger partial charge < -0.3 is 19.7 Å². The normalized spacial score (nSPS) is 29.9. The van der Waals surface area contributed by atoms with Crippen molar-refractivity contribution < 1.29 is 9.47 Å². The molecule has 2 aliphatic heterocycles. The van der Waals surface area contributed by atoms with E-state index in [9.17, 15) is 0 Å². The van der Waals surface area contributed by atoms with Gasteiger partial charge in [-0.1, -0.05) is 17.7 Å². The van der Waals surface area contributed by atoms with Crippen LogP contribution >= 0.6 is 11.6 Å². The molecule has 1 saturated carbocycles. The van der Waals surface area contributed by atoms with Crippen molar-refractivity contribution in [3.05, 3.63) is 47.2 Å². The highest BCUT2D eigenvalue weighted by molar-refractivity contribution is 6.30. The summed E-state index contributed by atoms with van der Waals surface area (Å²) in [5.74, 6) is 0.649. The van der Waals surface area contributed by atoms with E-state index in [1.165, 1.54) is 12.8 Å². The highest BCUT2D eigenvalue weighted by Gasteiger charge is 2.44. The molecule has 3 heterocycles. The molecule has 3 aliphatic rings. The maximum absolute atomic E-state index is 6.32. The lowest BCUT2D eigenvalue weighted by molar-refractivity contribution is -0.0716. The van der Waals surface area contributed by atoms with Crippen molar-refractivity contribution in [2.45, 2.75) is 37.6 Å². The van der Waals surface area contributed by atoms with Crippen LogP contribution in [0.3, 0.4) is 0 Å². The molecule has 0 bridgehead atoms. The van der Waals surface area contributed by atoms with Crippen molar-refractivity contribution in [1.29, 1.82) is 0 Å². The van der Waals surface area contributed by atoms with Crippen LogP contribution in [0.25, 0.3) is 0 Å². The predicted octanol–water partition coefficient (Wildman–Crippen LogP) is 3.32. The summed E-state index contributed by atoms with van der Waals surface area (Å²) in [6, 6.07) is 10.9. The Labute approximate surface area is 151 Å². The van der Waals surface area contributed by atoms with E-state index >= 15 is 0 Å². The van der Waals surface area contributed by atoms with E-state index in [1.807, 2.05) is 25.1 Å². The van der Waals surface area contributed by atoms with Crippen LogP contribution in [-0.4, -0.2) is 30.2 Å². The second kappa shape index (κ2) is 5.51. The van der Waals surface area contributed by atoms with Crippen LogP contribution in [0.1, 0.15) is 25.5 Å². The molecule has 1 aromatic carbocycles. The summed E-state index contributed by atoms with van der Waals surface area (Å²) in [5.41, 5.74) is 1.83. The van der Waals surface area contributed by atoms with Crippen molar-refractivity contribution in [1.82, 2.24) is 10.3 Å². The maximum atomic E-state index is 6.32. The predicted molar refractivity (Wildman–Crippen MR) is 96.5 cm³/mol. The molecule has 130 valence electrons. The minimum Gasteiger partial charge on any atom is -0.443 e. The Morgan fingerprint density at radius 1 is 1.24 bits per heavy atom. The van der Waals surface area contributed by atoms with Crippen LogP contribution in [0.5, 0.6) is 11.5 Å². The Kier molecular flexibility index (Phi) is 3.37. The van der Waals surface area contributed by atoms with E-state index in [0.29, 0.717) is 22.8 Å². The van der Waals surface area contributed by atoms with Gasteiger partial charge in [0.25, 0.3) is 5.79 Å². The number of halogens is 1. The molecule has 5 rings (SSSR count). The van der Waals surface area contributed by atoms with Crippen molar-refractivity contribution in [3.8, 4) is 11.5 Å². The molecule has 25 heavy (non-hydrogen) atoms. The zero-order chi connectivity index (χ0) is 17.0. The van der Waals surface area contributed by atoms with Crippen LogP contribution in [0.15, 0.2) is 36.5 Å². The number of aromatic nitrogens is 1. The van der Waals surface area contributed by atoms with Gasteiger partial charge in [-0.3, -0.25) is 4.98 Å². The number of hydrogen-bond donors (Lipinski definition) is 1. The van der Waals surface area contributed by atoms with Crippen LogP contribution < -0.4 is 19.7 Å². The molecule has 0 radical (unpaired) electrons. The van der Waals surface area contributed by atoms with E-state index in [-0.39, 0.29) is 0 Å². The van der Waals surface area contributed by atoms with Gasteiger partial charge >= 0.3 is 0 Å². The molecule has 0 amide bonds. The first kappa shape index (κ1) is 15.3. The van der Waals surface area contributed by atoms with Gasteiger partial charge in [0.2, 0.25) is 0 Å². The summed E-state index contributed by atoms with van der Waals surface area (Å²) in [6.45, 7) is 3.88. The molecule has 1 aromatic heterocycles. The third-order valence-electron chi connectivity index (χ3n) is 5.46. The van der Waals surface area contributed by atoms with Crippen molar-refractivity contribution in [2.24, 2.45) is 0 Å². The SMILES string of the molecule is C[C@]1(c2ccc(Cl)cn2)Oc2cccc(N3CCNC4CCC43)c2O1. The number of benzene rings is 1. The van der Waals surface area contributed by atoms with Gasteiger partial charge in [0.15, 0.2) is 11.5 Å². The molecule has 1 N–H and O–H groups in total. The molecule has 0 spiro atoms. The van der Waals surface area contributed by atoms with E-state index in [0.717, 1.165) is 30.3 Å². The molecule has 2 fully saturated rings.